The second-order valence-corrected chi connectivity index (χ2v) is 7.45. The highest BCUT2D eigenvalue weighted by molar-refractivity contribution is 7.99. The van der Waals surface area contributed by atoms with E-state index >= 15 is 0 Å². The van der Waals surface area contributed by atoms with Gasteiger partial charge >= 0.3 is 0 Å². The first-order chi connectivity index (χ1) is 12.8. The molecule has 0 aliphatic heterocycles. The number of nitrogens with zero attached hydrogens (tertiary/aromatic N) is 5. The van der Waals surface area contributed by atoms with Crippen LogP contribution in [0.25, 0.3) is 5.69 Å². The lowest BCUT2D eigenvalue weighted by atomic mass is 10.1. The quantitative estimate of drug-likeness (QED) is 0.690. The van der Waals surface area contributed by atoms with Crippen LogP contribution in [0.5, 0.6) is 0 Å². The van der Waals surface area contributed by atoms with Crippen molar-refractivity contribution in [2.24, 2.45) is 0 Å². The largest absolute Gasteiger partial charge is 0.352 e. The zero-order chi connectivity index (χ0) is 20.0. The second kappa shape index (κ2) is 9.50. The number of hydrogen-bond donors (Lipinski definition) is 1. The lowest BCUT2D eigenvalue weighted by molar-refractivity contribution is -0.134. The number of nitrogens with one attached hydrogen (secondary N) is 1. The molecule has 2 amide bonds. The number of tetrazole rings is 1. The van der Waals surface area contributed by atoms with Crippen molar-refractivity contribution in [3.63, 3.8) is 0 Å². The first-order valence-corrected chi connectivity index (χ1v) is 9.87. The van der Waals surface area contributed by atoms with E-state index in [4.69, 9.17) is 0 Å². The van der Waals surface area contributed by atoms with Crippen molar-refractivity contribution in [2.45, 2.75) is 45.8 Å². The van der Waals surface area contributed by atoms with Crippen LogP contribution in [0, 0.1) is 13.8 Å². The summed E-state index contributed by atoms with van der Waals surface area (Å²) in [6.07, 6.45) is 0. The van der Waals surface area contributed by atoms with E-state index in [2.05, 4.69) is 20.8 Å². The summed E-state index contributed by atoms with van der Waals surface area (Å²) in [7, 11) is 0. The number of carbonyl (C=O) groups excluding carboxylic acids is 2. The third kappa shape index (κ3) is 5.53. The van der Waals surface area contributed by atoms with E-state index in [0.717, 1.165) is 16.8 Å². The van der Waals surface area contributed by atoms with Gasteiger partial charge in [-0.1, -0.05) is 23.9 Å². The third-order valence-corrected chi connectivity index (χ3v) is 4.99. The van der Waals surface area contributed by atoms with Crippen molar-refractivity contribution in [1.29, 1.82) is 0 Å². The lowest BCUT2D eigenvalue weighted by Crippen LogP contribution is -2.43. The fourth-order valence-corrected chi connectivity index (χ4v) is 3.31. The molecule has 1 heterocycles. The number of rotatable bonds is 8. The summed E-state index contributed by atoms with van der Waals surface area (Å²) in [5.74, 6) is -0.129. The number of thioether (sulfide) groups is 1. The second-order valence-electron chi connectivity index (χ2n) is 6.51. The Balaban J connectivity index is 2.04. The zero-order valence-corrected chi connectivity index (χ0v) is 17.2. The molecule has 146 valence electrons. The molecule has 1 N–H and O–H groups in total. The van der Waals surface area contributed by atoms with Crippen LogP contribution < -0.4 is 5.32 Å². The minimum Gasteiger partial charge on any atom is -0.352 e. The van der Waals surface area contributed by atoms with E-state index in [1.165, 1.54) is 16.7 Å². The van der Waals surface area contributed by atoms with Gasteiger partial charge in [-0.2, -0.15) is 4.68 Å². The number of aromatic nitrogens is 4. The van der Waals surface area contributed by atoms with Crippen LogP contribution in [0.3, 0.4) is 0 Å². The third-order valence-electron chi connectivity index (χ3n) is 4.09. The Morgan fingerprint density at radius 3 is 2.70 bits per heavy atom. The van der Waals surface area contributed by atoms with Gasteiger partial charge in [-0.25, -0.2) is 0 Å². The highest BCUT2D eigenvalue weighted by Gasteiger charge is 2.19. The number of hydrogen-bond acceptors (Lipinski definition) is 6. The number of benzene rings is 1. The summed E-state index contributed by atoms with van der Waals surface area (Å²) in [4.78, 5) is 26.0. The molecule has 2 rings (SSSR count). The molecule has 0 fully saturated rings. The monoisotopic (exact) mass is 390 g/mol. The highest BCUT2D eigenvalue weighted by Crippen LogP contribution is 2.22. The van der Waals surface area contributed by atoms with Gasteiger partial charge in [0.15, 0.2) is 0 Å². The molecule has 0 radical (unpaired) electrons. The van der Waals surface area contributed by atoms with Crippen molar-refractivity contribution >= 4 is 23.6 Å². The van der Waals surface area contributed by atoms with E-state index in [-0.39, 0.29) is 30.2 Å². The molecule has 1 aromatic heterocycles. The predicted octanol–water partition coefficient (Wildman–Crippen LogP) is 1.74. The Labute approximate surface area is 163 Å². The summed E-state index contributed by atoms with van der Waals surface area (Å²) < 4.78 is 1.64. The maximum atomic E-state index is 12.5. The van der Waals surface area contributed by atoms with Crippen LogP contribution in [0.15, 0.2) is 23.4 Å². The minimum atomic E-state index is -0.162. The molecule has 0 aliphatic rings. The van der Waals surface area contributed by atoms with E-state index in [0.29, 0.717) is 11.7 Å². The Bertz CT molecular complexity index is 805. The number of likely N-dealkylation sites (N-methyl/N-ethyl adjacent to an activating group) is 1. The fourth-order valence-electron chi connectivity index (χ4n) is 2.52. The SMILES string of the molecule is CCN(CC(=O)NC(C)C)C(=O)CSc1nnnn1-c1cccc(C)c1C. The summed E-state index contributed by atoms with van der Waals surface area (Å²) in [6.45, 7) is 10.2. The molecule has 8 nitrogen and oxygen atoms in total. The van der Waals surface area contributed by atoms with Crippen molar-refractivity contribution in [3.05, 3.63) is 29.3 Å². The average Bonchev–Trinajstić information content (AvgIpc) is 3.07. The lowest BCUT2D eigenvalue weighted by Gasteiger charge is -2.21. The first-order valence-electron chi connectivity index (χ1n) is 8.88. The van der Waals surface area contributed by atoms with Gasteiger partial charge in [0.2, 0.25) is 17.0 Å². The minimum absolute atomic E-state index is 0.0443. The van der Waals surface area contributed by atoms with Gasteiger partial charge in [-0.05, 0) is 62.2 Å². The molecule has 0 aliphatic carbocycles. The van der Waals surface area contributed by atoms with Crippen molar-refractivity contribution < 1.29 is 9.59 Å². The molecule has 1 aromatic carbocycles. The smallest absolute Gasteiger partial charge is 0.239 e. The van der Waals surface area contributed by atoms with Gasteiger partial charge in [0, 0.05) is 12.6 Å². The highest BCUT2D eigenvalue weighted by atomic mass is 32.2. The van der Waals surface area contributed by atoms with Gasteiger partial charge in [0.05, 0.1) is 18.0 Å². The molecule has 0 atom stereocenters. The molecule has 0 spiro atoms. The summed E-state index contributed by atoms with van der Waals surface area (Å²) in [5.41, 5.74) is 3.11. The normalized spacial score (nSPS) is 10.9. The first kappa shape index (κ1) is 20.9. The van der Waals surface area contributed by atoms with E-state index in [9.17, 15) is 9.59 Å². The van der Waals surface area contributed by atoms with Crippen LogP contribution in [0.1, 0.15) is 31.9 Å². The van der Waals surface area contributed by atoms with Gasteiger partial charge in [-0.3, -0.25) is 9.59 Å². The van der Waals surface area contributed by atoms with Crippen molar-refractivity contribution in [2.75, 3.05) is 18.8 Å². The Morgan fingerprint density at radius 1 is 1.30 bits per heavy atom. The van der Waals surface area contributed by atoms with Crippen molar-refractivity contribution in [3.8, 4) is 5.69 Å². The molecule has 9 heteroatoms. The molecular weight excluding hydrogens is 364 g/mol. The van der Waals surface area contributed by atoms with Gasteiger partial charge < -0.3 is 10.2 Å². The topological polar surface area (TPSA) is 93.0 Å². The van der Waals surface area contributed by atoms with E-state index in [1.54, 1.807) is 4.68 Å². The maximum absolute atomic E-state index is 12.5. The van der Waals surface area contributed by atoms with E-state index < -0.39 is 0 Å². The zero-order valence-electron chi connectivity index (χ0n) is 16.4. The van der Waals surface area contributed by atoms with Gasteiger partial charge in [0.1, 0.15) is 0 Å². The van der Waals surface area contributed by atoms with Gasteiger partial charge in [-0.15, -0.1) is 5.10 Å². The summed E-state index contributed by atoms with van der Waals surface area (Å²) in [5, 5.41) is 15.2. The predicted molar refractivity (Wildman–Crippen MR) is 105 cm³/mol. The van der Waals surface area contributed by atoms with E-state index in [1.807, 2.05) is 52.8 Å². The van der Waals surface area contributed by atoms with Crippen LogP contribution in [0.2, 0.25) is 0 Å². The Kier molecular flexibility index (Phi) is 7.35. The van der Waals surface area contributed by atoms with Crippen LogP contribution in [-0.2, 0) is 9.59 Å². The number of aryl methyl sites for hydroxylation is 1. The maximum Gasteiger partial charge on any atom is 0.239 e. The number of carbonyl (C=O) groups is 2. The number of amides is 2. The molecule has 27 heavy (non-hydrogen) atoms. The Morgan fingerprint density at radius 2 is 2.04 bits per heavy atom. The molecule has 2 aromatic rings. The molecule has 0 saturated carbocycles. The Hall–Kier alpha value is -2.42. The molecule has 0 saturated heterocycles. The standard InChI is InChI=1S/C18H26N6O2S/c1-6-23(10-16(25)19-12(2)3)17(26)11-27-18-20-21-22-24(18)15-9-7-8-13(4)14(15)5/h7-9,12H,6,10-11H2,1-5H3,(H,19,25). The van der Waals surface area contributed by atoms with Gasteiger partial charge in [0.25, 0.3) is 0 Å². The van der Waals surface area contributed by atoms with Crippen LogP contribution in [0.4, 0.5) is 0 Å². The van der Waals surface area contributed by atoms with Crippen molar-refractivity contribution in [1.82, 2.24) is 30.4 Å². The van der Waals surface area contributed by atoms with Crippen LogP contribution in [-0.4, -0.2) is 61.8 Å². The molecular formula is C18H26N6O2S. The molecule has 0 bridgehead atoms. The summed E-state index contributed by atoms with van der Waals surface area (Å²) in [6, 6.07) is 5.97. The molecule has 0 unspecified atom stereocenters. The average molecular weight is 391 g/mol. The fraction of sp³-hybridized carbons (Fsp3) is 0.500. The van der Waals surface area contributed by atoms with Crippen LogP contribution >= 0.6 is 11.8 Å². The summed E-state index contributed by atoms with van der Waals surface area (Å²) >= 11 is 1.26.